The average Bonchev–Trinajstić information content (AvgIpc) is 3.06. The second-order valence-electron chi connectivity index (χ2n) is 6.58. The van der Waals surface area contributed by atoms with Crippen LogP contribution in [0.5, 0.6) is 0 Å². The van der Waals surface area contributed by atoms with E-state index in [-0.39, 0.29) is 0 Å². The van der Waals surface area contributed by atoms with Crippen LogP contribution in [0.1, 0.15) is 18.4 Å². The molecule has 3 nitrogen and oxygen atoms in total. The first kappa shape index (κ1) is 15.4. The quantitative estimate of drug-likeness (QED) is 0.696. The SMILES string of the molecule is CO[C@H]1CCCN(Cc2ccc3cc(-c4ccccc4)oc3c2)C1. The van der Waals surface area contributed by atoms with Crippen molar-refractivity contribution in [1.82, 2.24) is 4.90 Å². The number of piperidine rings is 1. The number of fused-ring (bicyclic) bond motifs is 1. The van der Waals surface area contributed by atoms with Crippen molar-refractivity contribution in [3.05, 3.63) is 60.2 Å². The molecule has 24 heavy (non-hydrogen) atoms. The number of furan rings is 1. The highest BCUT2D eigenvalue weighted by Crippen LogP contribution is 2.28. The van der Waals surface area contributed by atoms with E-state index in [1.165, 1.54) is 18.4 Å². The first-order chi connectivity index (χ1) is 11.8. The Morgan fingerprint density at radius 1 is 1.12 bits per heavy atom. The van der Waals surface area contributed by atoms with Crippen molar-refractivity contribution in [3.63, 3.8) is 0 Å². The largest absolute Gasteiger partial charge is 0.456 e. The van der Waals surface area contributed by atoms with Crippen molar-refractivity contribution < 1.29 is 9.15 Å². The van der Waals surface area contributed by atoms with Gasteiger partial charge in [-0.1, -0.05) is 42.5 Å². The molecule has 4 rings (SSSR count). The van der Waals surface area contributed by atoms with Crippen LogP contribution in [0.3, 0.4) is 0 Å². The molecule has 0 N–H and O–H groups in total. The normalized spacial score (nSPS) is 19.0. The Kier molecular flexibility index (Phi) is 4.37. The molecule has 1 aromatic heterocycles. The van der Waals surface area contributed by atoms with Crippen LogP contribution >= 0.6 is 0 Å². The van der Waals surface area contributed by atoms with Gasteiger partial charge in [-0.3, -0.25) is 4.90 Å². The lowest BCUT2D eigenvalue weighted by Crippen LogP contribution is -2.38. The molecular formula is C21H23NO2. The lowest BCUT2D eigenvalue weighted by molar-refractivity contribution is 0.0285. The minimum Gasteiger partial charge on any atom is -0.456 e. The molecule has 0 bridgehead atoms. The highest BCUT2D eigenvalue weighted by molar-refractivity contribution is 5.83. The van der Waals surface area contributed by atoms with Crippen LogP contribution in [0.4, 0.5) is 0 Å². The molecule has 2 aromatic carbocycles. The molecule has 3 aromatic rings. The van der Waals surface area contributed by atoms with Gasteiger partial charge in [-0.2, -0.15) is 0 Å². The van der Waals surface area contributed by atoms with Gasteiger partial charge in [0, 0.05) is 31.1 Å². The summed E-state index contributed by atoms with van der Waals surface area (Å²) in [6.07, 6.45) is 2.75. The predicted octanol–water partition coefficient (Wildman–Crippen LogP) is 4.71. The van der Waals surface area contributed by atoms with Gasteiger partial charge in [-0.15, -0.1) is 0 Å². The van der Waals surface area contributed by atoms with Crippen molar-refractivity contribution in [2.24, 2.45) is 0 Å². The summed E-state index contributed by atoms with van der Waals surface area (Å²) in [5, 5.41) is 1.16. The second-order valence-corrected chi connectivity index (χ2v) is 6.58. The summed E-state index contributed by atoms with van der Waals surface area (Å²) in [6, 6.07) is 18.9. The summed E-state index contributed by atoms with van der Waals surface area (Å²) in [6.45, 7) is 3.12. The highest BCUT2D eigenvalue weighted by Gasteiger charge is 2.19. The number of hydrogen-bond acceptors (Lipinski definition) is 3. The van der Waals surface area contributed by atoms with Crippen LogP contribution < -0.4 is 0 Å². The molecule has 1 aliphatic heterocycles. The zero-order valence-electron chi connectivity index (χ0n) is 14.1. The zero-order valence-corrected chi connectivity index (χ0v) is 14.1. The maximum atomic E-state index is 6.08. The Balaban J connectivity index is 1.55. The van der Waals surface area contributed by atoms with E-state index in [2.05, 4.69) is 41.3 Å². The second kappa shape index (κ2) is 6.80. The van der Waals surface area contributed by atoms with Gasteiger partial charge in [-0.05, 0) is 37.1 Å². The van der Waals surface area contributed by atoms with E-state index in [1.807, 2.05) is 25.3 Å². The smallest absolute Gasteiger partial charge is 0.135 e. The number of rotatable bonds is 4. The predicted molar refractivity (Wildman–Crippen MR) is 97.0 cm³/mol. The molecule has 0 spiro atoms. The Hall–Kier alpha value is -2.10. The Bertz CT molecular complexity index is 809. The number of nitrogens with zero attached hydrogens (tertiary/aromatic N) is 1. The van der Waals surface area contributed by atoms with E-state index < -0.39 is 0 Å². The van der Waals surface area contributed by atoms with E-state index in [1.54, 1.807) is 0 Å². The fourth-order valence-corrected chi connectivity index (χ4v) is 3.53. The maximum Gasteiger partial charge on any atom is 0.135 e. The number of benzene rings is 2. The number of methoxy groups -OCH3 is 1. The van der Waals surface area contributed by atoms with Crippen molar-refractivity contribution >= 4 is 11.0 Å². The Morgan fingerprint density at radius 3 is 2.83 bits per heavy atom. The average molecular weight is 321 g/mol. The van der Waals surface area contributed by atoms with Crippen LogP contribution in [0, 0.1) is 0 Å². The third-order valence-corrected chi connectivity index (χ3v) is 4.84. The molecular weight excluding hydrogens is 298 g/mol. The third-order valence-electron chi connectivity index (χ3n) is 4.84. The molecule has 0 saturated carbocycles. The number of hydrogen-bond donors (Lipinski definition) is 0. The third kappa shape index (κ3) is 3.23. The summed E-state index contributed by atoms with van der Waals surface area (Å²) >= 11 is 0. The van der Waals surface area contributed by atoms with Gasteiger partial charge in [0.05, 0.1) is 6.10 Å². The summed E-state index contributed by atoms with van der Waals surface area (Å²) in [7, 11) is 1.81. The first-order valence-corrected chi connectivity index (χ1v) is 8.65. The summed E-state index contributed by atoms with van der Waals surface area (Å²) in [5.41, 5.74) is 3.38. The van der Waals surface area contributed by atoms with Gasteiger partial charge in [0.15, 0.2) is 0 Å². The molecule has 3 heteroatoms. The minimum absolute atomic E-state index is 0.371. The lowest BCUT2D eigenvalue weighted by atomic mass is 10.1. The molecule has 124 valence electrons. The van der Waals surface area contributed by atoms with Crippen molar-refractivity contribution in [1.29, 1.82) is 0 Å². The van der Waals surface area contributed by atoms with Gasteiger partial charge in [-0.25, -0.2) is 0 Å². The van der Waals surface area contributed by atoms with Gasteiger partial charge in [0.25, 0.3) is 0 Å². The molecule has 0 radical (unpaired) electrons. The van der Waals surface area contributed by atoms with Crippen LogP contribution in [0.15, 0.2) is 59.0 Å². The van der Waals surface area contributed by atoms with Crippen LogP contribution in [0.25, 0.3) is 22.3 Å². The van der Waals surface area contributed by atoms with E-state index in [4.69, 9.17) is 9.15 Å². The van der Waals surface area contributed by atoms with E-state index in [0.717, 1.165) is 41.9 Å². The molecule has 0 unspecified atom stereocenters. The minimum atomic E-state index is 0.371. The Morgan fingerprint density at radius 2 is 2.00 bits per heavy atom. The van der Waals surface area contributed by atoms with Crippen LogP contribution in [0.2, 0.25) is 0 Å². The van der Waals surface area contributed by atoms with Crippen molar-refractivity contribution in [3.8, 4) is 11.3 Å². The van der Waals surface area contributed by atoms with E-state index in [0.29, 0.717) is 6.10 Å². The van der Waals surface area contributed by atoms with Crippen LogP contribution in [-0.2, 0) is 11.3 Å². The lowest BCUT2D eigenvalue weighted by Gasteiger charge is -2.31. The molecule has 1 atom stereocenters. The summed E-state index contributed by atoms with van der Waals surface area (Å²) < 4.78 is 11.6. The monoisotopic (exact) mass is 321 g/mol. The standard InChI is InChI=1S/C21H23NO2/c1-23-19-8-5-11-22(15-19)14-16-9-10-18-13-21(24-20(18)12-16)17-6-3-2-4-7-17/h2-4,6-7,9-10,12-13,19H,5,8,11,14-15H2,1H3/t19-/m0/s1. The number of ether oxygens (including phenoxy) is 1. The summed E-state index contributed by atoms with van der Waals surface area (Å²) in [4.78, 5) is 2.47. The molecule has 1 aliphatic rings. The maximum absolute atomic E-state index is 6.08. The zero-order chi connectivity index (χ0) is 16.4. The van der Waals surface area contributed by atoms with Crippen molar-refractivity contribution in [2.45, 2.75) is 25.5 Å². The summed E-state index contributed by atoms with van der Waals surface area (Å²) in [5.74, 6) is 0.931. The first-order valence-electron chi connectivity index (χ1n) is 8.65. The van der Waals surface area contributed by atoms with Gasteiger partial charge in [0.1, 0.15) is 11.3 Å². The Labute approximate surface area is 142 Å². The van der Waals surface area contributed by atoms with Gasteiger partial charge < -0.3 is 9.15 Å². The fourth-order valence-electron chi connectivity index (χ4n) is 3.53. The molecule has 0 amide bonds. The molecule has 1 saturated heterocycles. The molecule has 0 aliphatic carbocycles. The molecule has 2 heterocycles. The molecule has 1 fully saturated rings. The van der Waals surface area contributed by atoms with E-state index >= 15 is 0 Å². The van der Waals surface area contributed by atoms with Gasteiger partial charge in [0.2, 0.25) is 0 Å². The highest BCUT2D eigenvalue weighted by atomic mass is 16.5. The van der Waals surface area contributed by atoms with Gasteiger partial charge >= 0.3 is 0 Å². The van der Waals surface area contributed by atoms with Crippen molar-refractivity contribution in [2.75, 3.05) is 20.2 Å². The topological polar surface area (TPSA) is 25.6 Å². The van der Waals surface area contributed by atoms with Crippen LogP contribution in [-0.4, -0.2) is 31.2 Å². The fraction of sp³-hybridized carbons (Fsp3) is 0.333. The number of likely N-dealkylation sites (tertiary alicyclic amines) is 1. The van der Waals surface area contributed by atoms with E-state index in [9.17, 15) is 0 Å².